The van der Waals surface area contributed by atoms with Crippen LogP contribution in [0.1, 0.15) is 30.1 Å². The number of hydrogen-bond acceptors (Lipinski definition) is 4. The van der Waals surface area contributed by atoms with E-state index in [-0.39, 0.29) is 12.4 Å². The Labute approximate surface area is 101 Å². The average Bonchev–Trinajstić information content (AvgIpc) is 2.36. The Balaban J connectivity index is 2.61. The van der Waals surface area contributed by atoms with E-state index >= 15 is 0 Å². The van der Waals surface area contributed by atoms with Crippen LogP contribution in [0.25, 0.3) is 0 Å². The predicted octanol–water partition coefficient (Wildman–Crippen LogP) is 2.38. The molecule has 1 rings (SSSR count). The van der Waals surface area contributed by atoms with E-state index in [2.05, 4.69) is 6.92 Å². The number of hydrogen-bond donors (Lipinski definition) is 0. The zero-order chi connectivity index (χ0) is 12.7. The third-order valence-corrected chi connectivity index (χ3v) is 1.96. The number of ether oxygens (including phenoxy) is 2. The lowest BCUT2D eigenvalue weighted by molar-refractivity contribution is -0.133. The molecule has 17 heavy (non-hydrogen) atoms. The summed E-state index contributed by atoms with van der Waals surface area (Å²) in [5, 5.41) is 0. The number of carbonyl (C=O) groups is 2. The highest BCUT2D eigenvalue weighted by Crippen LogP contribution is 2.13. The van der Waals surface area contributed by atoms with Gasteiger partial charge in [0.15, 0.2) is 0 Å². The Morgan fingerprint density at radius 3 is 2.41 bits per heavy atom. The van der Waals surface area contributed by atoms with Crippen molar-refractivity contribution in [1.29, 1.82) is 0 Å². The molecule has 0 bridgehead atoms. The molecule has 0 fully saturated rings. The van der Waals surface area contributed by atoms with Crippen molar-refractivity contribution in [2.45, 2.75) is 19.8 Å². The second-order valence-electron chi connectivity index (χ2n) is 3.38. The van der Waals surface area contributed by atoms with Gasteiger partial charge in [-0.3, -0.25) is 4.79 Å². The lowest BCUT2D eigenvalue weighted by Gasteiger charge is -2.05. The van der Waals surface area contributed by atoms with Gasteiger partial charge in [-0.1, -0.05) is 6.92 Å². The van der Waals surface area contributed by atoms with E-state index in [1.807, 2.05) is 6.92 Å². The summed E-state index contributed by atoms with van der Waals surface area (Å²) >= 11 is 0. The summed E-state index contributed by atoms with van der Waals surface area (Å²) in [5.41, 5.74) is 0.438. The minimum atomic E-state index is -0.411. The van der Waals surface area contributed by atoms with Gasteiger partial charge < -0.3 is 9.47 Å². The van der Waals surface area contributed by atoms with E-state index < -0.39 is 5.97 Å². The Morgan fingerprint density at radius 2 is 1.88 bits per heavy atom. The summed E-state index contributed by atoms with van der Waals surface area (Å²) in [6, 6.07) is 6.22. The first-order chi connectivity index (χ1) is 8.17. The molecule has 1 radical (unpaired) electrons. The molecule has 0 aliphatic heterocycles. The maximum atomic E-state index is 11.5. The number of esters is 2. The summed E-state index contributed by atoms with van der Waals surface area (Å²) in [4.78, 5) is 22.4. The minimum Gasteiger partial charge on any atom is -0.462 e. The molecule has 0 atom stereocenters. The molecule has 4 heteroatoms. The topological polar surface area (TPSA) is 52.6 Å². The third kappa shape index (κ3) is 4.26. The fourth-order valence-corrected chi connectivity index (χ4v) is 1.12. The van der Waals surface area contributed by atoms with Crippen LogP contribution in [0, 0.1) is 6.92 Å². The van der Waals surface area contributed by atoms with Crippen LogP contribution >= 0.6 is 0 Å². The highest BCUT2D eigenvalue weighted by atomic mass is 16.5. The Hall–Kier alpha value is -1.84. The monoisotopic (exact) mass is 235 g/mol. The molecule has 0 saturated carbocycles. The quantitative estimate of drug-likeness (QED) is 0.580. The van der Waals surface area contributed by atoms with Crippen molar-refractivity contribution in [2.75, 3.05) is 6.61 Å². The molecule has 0 N–H and O–H groups in total. The van der Waals surface area contributed by atoms with E-state index in [9.17, 15) is 9.59 Å². The molecule has 0 heterocycles. The molecule has 0 saturated heterocycles. The molecule has 0 aliphatic carbocycles. The maximum Gasteiger partial charge on any atom is 0.338 e. The third-order valence-electron chi connectivity index (χ3n) is 1.96. The molecule has 4 nitrogen and oxygen atoms in total. The van der Waals surface area contributed by atoms with Crippen LogP contribution in [0.3, 0.4) is 0 Å². The van der Waals surface area contributed by atoms with Crippen LogP contribution in [0.2, 0.25) is 0 Å². The van der Waals surface area contributed by atoms with Gasteiger partial charge in [-0.15, -0.1) is 0 Å². The van der Waals surface area contributed by atoms with Crippen molar-refractivity contribution in [2.24, 2.45) is 0 Å². The van der Waals surface area contributed by atoms with Gasteiger partial charge in [0.05, 0.1) is 12.2 Å². The van der Waals surface area contributed by atoms with Gasteiger partial charge in [-0.05, 0) is 37.6 Å². The minimum absolute atomic E-state index is 0.0697. The van der Waals surface area contributed by atoms with E-state index in [4.69, 9.17) is 9.47 Å². The first-order valence-electron chi connectivity index (χ1n) is 5.44. The zero-order valence-electron chi connectivity index (χ0n) is 9.77. The second-order valence-corrected chi connectivity index (χ2v) is 3.38. The van der Waals surface area contributed by atoms with Crippen molar-refractivity contribution in [1.82, 2.24) is 0 Å². The zero-order valence-corrected chi connectivity index (χ0v) is 9.77. The van der Waals surface area contributed by atoms with Crippen molar-refractivity contribution in [3.05, 3.63) is 36.8 Å². The maximum absolute atomic E-state index is 11.5. The molecular formula is C13H15O4. The summed E-state index contributed by atoms with van der Waals surface area (Å²) in [6.07, 6.45) is 0.852. The first-order valence-corrected chi connectivity index (χ1v) is 5.44. The van der Waals surface area contributed by atoms with Crippen LogP contribution in [0.5, 0.6) is 5.75 Å². The number of rotatable bonds is 5. The van der Waals surface area contributed by atoms with E-state index in [0.717, 1.165) is 6.42 Å². The molecule has 0 amide bonds. The van der Waals surface area contributed by atoms with Crippen LogP contribution in [0.15, 0.2) is 24.3 Å². The van der Waals surface area contributed by atoms with Crippen molar-refractivity contribution in [3.63, 3.8) is 0 Å². The van der Waals surface area contributed by atoms with E-state index in [0.29, 0.717) is 17.9 Å². The summed E-state index contributed by atoms with van der Waals surface area (Å²) in [6.45, 7) is 5.74. The van der Waals surface area contributed by atoms with Gasteiger partial charge in [0, 0.05) is 6.42 Å². The molecule has 0 spiro atoms. The lowest BCUT2D eigenvalue weighted by atomic mass is 10.2. The summed E-state index contributed by atoms with van der Waals surface area (Å²) < 4.78 is 9.89. The fourth-order valence-electron chi connectivity index (χ4n) is 1.12. The average molecular weight is 235 g/mol. The van der Waals surface area contributed by atoms with Crippen LogP contribution in [-0.2, 0) is 9.53 Å². The van der Waals surface area contributed by atoms with Crippen LogP contribution in [-0.4, -0.2) is 18.5 Å². The number of carbonyl (C=O) groups excluding carboxylic acids is 2. The van der Waals surface area contributed by atoms with Gasteiger partial charge in [0.2, 0.25) is 0 Å². The standard InChI is InChI=1S/C13H15O4/c1-3-9-16-13(15)10-5-7-11(8-6-10)17-12(14)4-2/h5-8H,2-4,9H2,1H3. The largest absolute Gasteiger partial charge is 0.462 e. The summed E-state index contributed by atoms with van der Waals surface area (Å²) in [5.74, 6) is -0.390. The highest BCUT2D eigenvalue weighted by Gasteiger charge is 2.07. The molecule has 91 valence electrons. The SMILES string of the molecule is [CH2]CC(=O)Oc1ccc(C(=O)OCCC)cc1. The molecule has 0 aliphatic rings. The normalized spacial score (nSPS) is 9.76. The van der Waals surface area contributed by atoms with Crippen molar-refractivity contribution < 1.29 is 19.1 Å². The second kappa shape index (κ2) is 6.68. The molecule has 1 aromatic rings. The van der Waals surface area contributed by atoms with Gasteiger partial charge in [0.25, 0.3) is 0 Å². The van der Waals surface area contributed by atoms with Gasteiger partial charge >= 0.3 is 11.9 Å². The molecule has 0 aromatic heterocycles. The van der Waals surface area contributed by atoms with Crippen LogP contribution < -0.4 is 4.74 Å². The smallest absolute Gasteiger partial charge is 0.338 e. The lowest BCUT2D eigenvalue weighted by Crippen LogP contribution is -2.07. The predicted molar refractivity (Wildman–Crippen MR) is 62.6 cm³/mol. The van der Waals surface area contributed by atoms with Gasteiger partial charge in [0.1, 0.15) is 5.75 Å². The summed E-state index contributed by atoms with van der Waals surface area (Å²) in [7, 11) is 0. The molecule has 1 aromatic carbocycles. The van der Waals surface area contributed by atoms with E-state index in [1.165, 1.54) is 0 Å². The van der Waals surface area contributed by atoms with Gasteiger partial charge in [-0.2, -0.15) is 0 Å². The Kier molecular flexibility index (Phi) is 5.20. The molecular weight excluding hydrogens is 220 g/mol. The van der Waals surface area contributed by atoms with Crippen molar-refractivity contribution in [3.8, 4) is 5.75 Å². The Bertz CT molecular complexity index is 381. The number of benzene rings is 1. The van der Waals surface area contributed by atoms with Gasteiger partial charge in [-0.25, -0.2) is 4.79 Å². The van der Waals surface area contributed by atoms with Crippen molar-refractivity contribution >= 4 is 11.9 Å². The van der Waals surface area contributed by atoms with Crippen LogP contribution in [0.4, 0.5) is 0 Å². The van der Waals surface area contributed by atoms with E-state index in [1.54, 1.807) is 24.3 Å². The highest BCUT2D eigenvalue weighted by molar-refractivity contribution is 5.89. The Morgan fingerprint density at radius 1 is 1.24 bits per heavy atom. The fraction of sp³-hybridized carbons (Fsp3) is 0.308. The first kappa shape index (κ1) is 13.2. The molecule has 0 unspecified atom stereocenters.